The molecular formula is C39H59N4O7+. The van der Waals surface area contributed by atoms with Gasteiger partial charge in [0.2, 0.25) is 11.8 Å². The van der Waals surface area contributed by atoms with E-state index in [1.807, 2.05) is 33.8 Å². The van der Waals surface area contributed by atoms with E-state index in [4.69, 9.17) is 14.2 Å². The molecule has 7 aliphatic rings. The van der Waals surface area contributed by atoms with Crippen molar-refractivity contribution in [3.05, 3.63) is 23.3 Å². The second-order valence-corrected chi connectivity index (χ2v) is 17.9. The maximum absolute atomic E-state index is 13.6. The van der Waals surface area contributed by atoms with Gasteiger partial charge >= 0.3 is 6.09 Å². The molecule has 1 aromatic carbocycles. The number of amides is 3. The van der Waals surface area contributed by atoms with Crippen LogP contribution in [0.1, 0.15) is 90.7 Å². The van der Waals surface area contributed by atoms with Crippen LogP contribution >= 0.6 is 0 Å². The first-order valence-corrected chi connectivity index (χ1v) is 18.9. The van der Waals surface area contributed by atoms with E-state index in [1.165, 1.54) is 42.3 Å². The lowest BCUT2D eigenvalue weighted by molar-refractivity contribution is -0.952. The topological polar surface area (TPSA) is 126 Å². The van der Waals surface area contributed by atoms with Crippen molar-refractivity contribution in [1.29, 1.82) is 0 Å². The van der Waals surface area contributed by atoms with Gasteiger partial charge in [0.25, 0.3) is 0 Å². The summed E-state index contributed by atoms with van der Waals surface area (Å²) < 4.78 is 21.0. The summed E-state index contributed by atoms with van der Waals surface area (Å²) in [6.07, 6.45) is 7.04. The Morgan fingerprint density at radius 3 is 2.56 bits per heavy atom. The summed E-state index contributed by atoms with van der Waals surface area (Å²) in [5.74, 6) is 1.48. The van der Waals surface area contributed by atoms with Crippen LogP contribution in [0.3, 0.4) is 0 Å². The van der Waals surface area contributed by atoms with Crippen molar-refractivity contribution in [2.75, 3.05) is 47.4 Å². The molecule has 276 valence electrons. The fourth-order valence-electron chi connectivity index (χ4n) is 11.7. The summed E-state index contributed by atoms with van der Waals surface area (Å²) in [7, 11) is 5.93. The average Bonchev–Trinajstić information content (AvgIpc) is 3.77. The number of ether oxygens (including phenoxy) is 3. The molecule has 2 spiro atoms. The van der Waals surface area contributed by atoms with Gasteiger partial charge in [-0.2, -0.15) is 0 Å². The summed E-state index contributed by atoms with van der Waals surface area (Å²) in [5, 5.41) is 17.3. The molecule has 4 bridgehead atoms. The highest BCUT2D eigenvalue weighted by molar-refractivity contribution is 5.86. The van der Waals surface area contributed by atoms with Crippen LogP contribution in [0.5, 0.6) is 11.5 Å². The third-order valence-corrected chi connectivity index (χ3v) is 13.9. The van der Waals surface area contributed by atoms with Crippen molar-refractivity contribution in [2.45, 2.75) is 121 Å². The summed E-state index contributed by atoms with van der Waals surface area (Å²) in [5.41, 5.74) is 0.532. The largest absolute Gasteiger partial charge is 0.482 e. The smallest absolute Gasteiger partial charge is 0.415 e. The predicted molar refractivity (Wildman–Crippen MR) is 188 cm³/mol. The van der Waals surface area contributed by atoms with Crippen molar-refractivity contribution in [3.63, 3.8) is 0 Å². The average molecular weight is 696 g/mol. The molecule has 5 fully saturated rings. The lowest BCUT2D eigenvalue weighted by Crippen LogP contribution is -2.84. The predicted octanol–water partition coefficient (Wildman–Crippen LogP) is 3.92. The number of carbonyl (C=O) groups excluding carboxylic acids is 3. The zero-order chi connectivity index (χ0) is 36.0. The highest BCUT2D eigenvalue weighted by atomic mass is 16.6. The number of carbonyl (C=O) groups is 3. The van der Waals surface area contributed by atoms with Gasteiger partial charge in [0, 0.05) is 69.8 Å². The zero-order valence-corrected chi connectivity index (χ0v) is 31.4. The van der Waals surface area contributed by atoms with Gasteiger partial charge in [0.15, 0.2) is 11.5 Å². The number of benzene rings is 1. The van der Waals surface area contributed by atoms with Gasteiger partial charge in [-0.05, 0) is 69.9 Å². The molecule has 5 aliphatic carbocycles. The minimum Gasteiger partial charge on any atom is -0.482 e. The minimum absolute atomic E-state index is 0.0644. The van der Waals surface area contributed by atoms with E-state index in [2.05, 4.69) is 23.7 Å². The first-order chi connectivity index (χ1) is 23.5. The van der Waals surface area contributed by atoms with Crippen LogP contribution in [0.25, 0.3) is 0 Å². The Hall–Kier alpha value is -2.89. The lowest BCUT2D eigenvalue weighted by atomic mass is 9.33. The zero-order valence-electron chi connectivity index (χ0n) is 31.4. The number of nitrogens with zero attached hydrogens (tertiary/aromatic N) is 2. The van der Waals surface area contributed by atoms with Crippen LogP contribution in [0.2, 0.25) is 0 Å². The second-order valence-electron chi connectivity index (χ2n) is 17.9. The number of fused-ring (bicyclic) bond motifs is 2. The number of hydrogen-bond donors (Lipinski definition) is 3. The standard InChI is InChI=1S/C39H58N4O7/c1-23(2)19-27(41-24(3)44)33(45)40-16-17-42(6)35(46)49-28-12-11-26-20-30-37-13-14-39(48-8,29(21-37)36(4,5)47)34-38(37,31(26)32(28)50-34)15-18-43(30,7)22-25-9-10-25/h11-12,23,25,27,29-30,34,47H,9-10,13-22H2,1-8H3,(H-,40,41,44,45)/p+1/t27-,29+,30-,34+,37+,38-,39+,43?/m0/s1. The fourth-order valence-corrected chi connectivity index (χ4v) is 11.7. The van der Waals surface area contributed by atoms with Crippen LogP contribution < -0.4 is 20.1 Å². The van der Waals surface area contributed by atoms with E-state index in [-0.39, 0.29) is 53.7 Å². The summed E-state index contributed by atoms with van der Waals surface area (Å²) >= 11 is 0. The van der Waals surface area contributed by atoms with Crippen molar-refractivity contribution >= 4 is 17.9 Å². The molecular weight excluding hydrogens is 636 g/mol. The van der Waals surface area contributed by atoms with E-state index in [0.717, 1.165) is 49.0 Å². The molecule has 2 heterocycles. The molecule has 1 unspecified atom stereocenters. The van der Waals surface area contributed by atoms with Gasteiger partial charge < -0.3 is 39.3 Å². The van der Waals surface area contributed by atoms with Gasteiger partial charge in [0.1, 0.15) is 17.7 Å². The molecule has 2 aliphatic heterocycles. The fraction of sp³-hybridized carbons (Fsp3) is 0.769. The number of likely N-dealkylation sites (tertiary alicyclic amines) is 1. The Bertz CT molecular complexity index is 1560. The number of nitrogens with one attached hydrogen (secondary N) is 2. The summed E-state index contributed by atoms with van der Waals surface area (Å²) in [6.45, 7) is 12.0. The Kier molecular flexibility index (Phi) is 8.58. The first-order valence-electron chi connectivity index (χ1n) is 18.9. The number of quaternary nitrogens is 1. The highest BCUT2D eigenvalue weighted by Crippen LogP contribution is 2.78. The van der Waals surface area contributed by atoms with Crippen LogP contribution in [-0.4, -0.2) is 109 Å². The van der Waals surface area contributed by atoms with Crippen molar-refractivity contribution < 1.29 is 38.2 Å². The molecule has 8 atom stereocenters. The minimum atomic E-state index is -0.956. The number of piperidine rings is 1. The third kappa shape index (κ3) is 5.27. The van der Waals surface area contributed by atoms with Gasteiger partial charge in [0.05, 0.1) is 37.2 Å². The van der Waals surface area contributed by atoms with E-state index < -0.39 is 23.3 Å². The van der Waals surface area contributed by atoms with Crippen LogP contribution in [0.15, 0.2) is 12.1 Å². The van der Waals surface area contributed by atoms with E-state index in [9.17, 15) is 19.5 Å². The molecule has 11 nitrogen and oxygen atoms in total. The number of aliphatic hydroxyl groups is 1. The Morgan fingerprint density at radius 1 is 1.18 bits per heavy atom. The third-order valence-electron chi connectivity index (χ3n) is 13.9. The molecule has 0 aromatic heterocycles. The number of hydrogen-bond acceptors (Lipinski definition) is 7. The van der Waals surface area contributed by atoms with E-state index in [1.54, 1.807) is 14.2 Å². The molecule has 4 saturated carbocycles. The number of methoxy groups -OCH3 is 1. The van der Waals surface area contributed by atoms with E-state index >= 15 is 0 Å². The molecule has 3 N–H and O–H groups in total. The normalized spacial score (nSPS) is 35.2. The van der Waals surface area contributed by atoms with Gasteiger partial charge in [-0.3, -0.25) is 9.59 Å². The van der Waals surface area contributed by atoms with Gasteiger partial charge in [-0.1, -0.05) is 19.9 Å². The van der Waals surface area contributed by atoms with Crippen LogP contribution in [0, 0.1) is 23.2 Å². The molecule has 0 radical (unpaired) electrons. The molecule has 8 rings (SSSR count). The van der Waals surface area contributed by atoms with Gasteiger partial charge in [-0.15, -0.1) is 0 Å². The first kappa shape index (κ1) is 35.5. The monoisotopic (exact) mass is 695 g/mol. The van der Waals surface area contributed by atoms with Crippen LogP contribution in [-0.2, 0) is 26.2 Å². The molecule has 1 saturated heterocycles. The second kappa shape index (κ2) is 12.1. The lowest BCUT2D eigenvalue weighted by Gasteiger charge is -2.75. The molecule has 3 amide bonds. The maximum Gasteiger partial charge on any atom is 0.415 e. The Labute approximate surface area is 297 Å². The van der Waals surface area contributed by atoms with Crippen LogP contribution in [0.4, 0.5) is 4.79 Å². The van der Waals surface area contributed by atoms with Crippen molar-refractivity contribution in [2.24, 2.45) is 23.2 Å². The van der Waals surface area contributed by atoms with Crippen molar-refractivity contribution in [1.82, 2.24) is 15.5 Å². The molecule has 50 heavy (non-hydrogen) atoms. The quantitative estimate of drug-likeness (QED) is 0.283. The van der Waals surface area contributed by atoms with Gasteiger partial charge in [-0.25, -0.2) is 4.79 Å². The highest BCUT2D eigenvalue weighted by Gasteiger charge is 2.84. The summed E-state index contributed by atoms with van der Waals surface area (Å²) in [6, 6.07) is 3.85. The molecule has 1 aromatic rings. The van der Waals surface area contributed by atoms with E-state index in [0.29, 0.717) is 24.0 Å². The number of likely N-dealkylation sites (N-methyl/N-ethyl adjacent to an activating group) is 2. The molecule has 11 heteroatoms. The maximum atomic E-state index is 13.6. The Balaban J connectivity index is 1.17. The van der Waals surface area contributed by atoms with Crippen molar-refractivity contribution in [3.8, 4) is 11.5 Å². The SMILES string of the molecule is CO[C@]12CC[C@@]3(C[C@@H]1C(C)(C)O)[C@@H]1Cc4ccc(OC(=O)N(C)CCNC(=O)[C@H](CC(C)C)NC(C)=O)c5c4[C@@]3(CC[N+]1(C)CC1CC1)[C@H]2O5. The Morgan fingerprint density at radius 2 is 1.92 bits per heavy atom. The number of rotatable bonds is 12. The summed E-state index contributed by atoms with van der Waals surface area (Å²) in [4.78, 5) is 39.5.